The second-order valence-electron chi connectivity index (χ2n) is 5.18. The topological polar surface area (TPSA) is 84.7 Å². The molecule has 1 N–H and O–H groups in total. The quantitative estimate of drug-likeness (QED) is 0.562. The molecule has 0 bridgehead atoms. The number of aromatic amines is 1. The molecule has 0 aliphatic rings. The normalized spacial score (nSPS) is 11.2. The van der Waals surface area contributed by atoms with Gasteiger partial charge >= 0.3 is 0 Å². The van der Waals surface area contributed by atoms with Crippen LogP contribution < -0.4 is 5.56 Å². The van der Waals surface area contributed by atoms with Gasteiger partial charge in [0.2, 0.25) is 5.89 Å². The monoisotopic (exact) mass is 356 g/mol. The molecule has 3 aromatic heterocycles. The molecule has 0 amide bonds. The third-order valence-electron chi connectivity index (χ3n) is 3.40. The van der Waals surface area contributed by atoms with Crippen LogP contribution in [-0.2, 0) is 5.75 Å². The Morgan fingerprint density at radius 3 is 2.88 bits per heavy atom. The van der Waals surface area contributed by atoms with Gasteiger partial charge in [0.25, 0.3) is 10.8 Å². The molecule has 4 rings (SSSR count). The van der Waals surface area contributed by atoms with Crippen LogP contribution in [0.2, 0.25) is 0 Å². The SMILES string of the molecule is Cc1ccc(-c2nnc(SCc3nc4ccsc4c(=O)[nH]3)o2)cc1. The van der Waals surface area contributed by atoms with Crippen LogP contribution in [0.3, 0.4) is 0 Å². The largest absolute Gasteiger partial charge is 0.411 e. The molecular weight excluding hydrogens is 344 g/mol. The van der Waals surface area contributed by atoms with Gasteiger partial charge in [-0.2, -0.15) is 0 Å². The second-order valence-corrected chi connectivity index (χ2v) is 7.02. The van der Waals surface area contributed by atoms with Gasteiger partial charge in [0.05, 0.1) is 11.3 Å². The zero-order valence-electron chi connectivity index (χ0n) is 12.6. The first-order valence-corrected chi connectivity index (χ1v) is 9.05. The lowest BCUT2D eigenvalue weighted by atomic mass is 10.1. The van der Waals surface area contributed by atoms with E-state index in [1.807, 2.05) is 42.6 Å². The number of aromatic nitrogens is 4. The van der Waals surface area contributed by atoms with Gasteiger partial charge in [0.1, 0.15) is 10.5 Å². The number of thiophene rings is 1. The van der Waals surface area contributed by atoms with E-state index in [4.69, 9.17) is 4.42 Å². The maximum atomic E-state index is 11.9. The third-order valence-corrected chi connectivity index (χ3v) is 5.13. The smallest absolute Gasteiger partial charge is 0.277 e. The molecule has 0 atom stereocenters. The van der Waals surface area contributed by atoms with Crippen LogP contribution in [0.5, 0.6) is 0 Å². The lowest BCUT2D eigenvalue weighted by Gasteiger charge is -1.98. The average molecular weight is 356 g/mol. The van der Waals surface area contributed by atoms with Gasteiger partial charge in [0.15, 0.2) is 0 Å². The van der Waals surface area contributed by atoms with Gasteiger partial charge in [-0.1, -0.05) is 29.5 Å². The van der Waals surface area contributed by atoms with Crippen molar-refractivity contribution in [3.63, 3.8) is 0 Å². The zero-order chi connectivity index (χ0) is 16.5. The minimum Gasteiger partial charge on any atom is -0.411 e. The van der Waals surface area contributed by atoms with E-state index in [9.17, 15) is 4.79 Å². The summed E-state index contributed by atoms with van der Waals surface area (Å²) < 4.78 is 6.30. The van der Waals surface area contributed by atoms with Crippen molar-refractivity contribution in [2.24, 2.45) is 0 Å². The molecule has 8 heteroatoms. The van der Waals surface area contributed by atoms with Gasteiger partial charge in [-0.05, 0) is 30.5 Å². The molecule has 0 aliphatic heterocycles. The Labute approximate surface area is 145 Å². The molecule has 120 valence electrons. The number of H-pyrrole nitrogens is 1. The summed E-state index contributed by atoms with van der Waals surface area (Å²) >= 11 is 2.73. The number of rotatable bonds is 4. The summed E-state index contributed by atoms with van der Waals surface area (Å²) in [4.78, 5) is 19.2. The minimum atomic E-state index is -0.114. The van der Waals surface area contributed by atoms with E-state index in [0.717, 1.165) is 5.56 Å². The van der Waals surface area contributed by atoms with Crippen molar-refractivity contribution in [3.8, 4) is 11.5 Å². The van der Waals surface area contributed by atoms with E-state index in [1.54, 1.807) is 0 Å². The van der Waals surface area contributed by atoms with Gasteiger partial charge < -0.3 is 9.40 Å². The number of nitrogens with one attached hydrogen (secondary N) is 1. The van der Waals surface area contributed by atoms with Gasteiger partial charge in [0, 0.05) is 5.56 Å². The van der Waals surface area contributed by atoms with Crippen molar-refractivity contribution in [2.75, 3.05) is 0 Å². The number of fused-ring (bicyclic) bond motifs is 1. The third kappa shape index (κ3) is 2.98. The molecular formula is C16H12N4O2S2. The fourth-order valence-electron chi connectivity index (χ4n) is 2.20. The lowest BCUT2D eigenvalue weighted by Crippen LogP contribution is -2.09. The van der Waals surface area contributed by atoms with Crippen molar-refractivity contribution in [1.82, 2.24) is 20.2 Å². The van der Waals surface area contributed by atoms with E-state index in [1.165, 1.54) is 28.7 Å². The van der Waals surface area contributed by atoms with Crippen molar-refractivity contribution in [1.29, 1.82) is 0 Å². The highest BCUT2D eigenvalue weighted by Crippen LogP contribution is 2.25. The standard InChI is InChI=1S/C16H12N4O2S2/c1-9-2-4-10(5-3-9)15-19-20-16(22-15)24-8-12-17-11-6-7-23-13(11)14(21)18-12/h2-7H,8H2,1H3,(H,17,18,21). The summed E-state index contributed by atoms with van der Waals surface area (Å²) in [7, 11) is 0. The van der Waals surface area contributed by atoms with E-state index < -0.39 is 0 Å². The van der Waals surface area contributed by atoms with Crippen LogP contribution in [0.1, 0.15) is 11.4 Å². The van der Waals surface area contributed by atoms with Crippen LogP contribution in [0, 0.1) is 6.92 Å². The minimum absolute atomic E-state index is 0.114. The Morgan fingerprint density at radius 1 is 1.21 bits per heavy atom. The summed E-state index contributed by atoms with van der Waals surface area (Å²) in [6.45, 7) is 2.02. The highest BCUT2D eigenvalue weighted by atomic mass is 32.2. The lowest BCUT2D eigenvalue weighted by molar-refractivity contribution is 0.465. The van der Waals surface area contributed by atoms with E-state index >= 15 is 0 Å². The van der Waals surface area contributed by atoms with Crippen LogP contribution in [-0.4, -0.2) is 20.2 Å². The number of hydrogen-bond donors (Lipinski definition) is 1. The first-order valence-electron chi connectivity index (χ1n) is 7.19. The summed E-state index contributed by atoms with van der Waals surface area (Å²) in [6.07, 6.45) is 0. The van der Waals surface area contributed by atoms with Crippen LogP contribution in [0.25, 0.3) is 21.7 Å². The van der Waals surface area contributed by atoms with Crippen molar-refractivity contribution < 1.29 is 4.42 Å². The molecule has 0 spiro atoms. The molecule has 0 saturated heterocycles. The summed E-state index contributed by atoms with van der Waals surface area (Å²) in [5, 5.41) is 10.4. The first-order chi connectivity index (χ1) is 11.7. The first kappa shape index (κ1) is 15.1. The fraction of sp³-hybridized carbons (Fsp3) is 0.125. The maximum absolute atomic E-state index is 11.9. The molecule has 0 saturated carbocycles. The van der Waals surface area contributed by atoms with Gasteiger partial charge in [-0.15, -0.1) is 21.5 Å². The Bertz CT molecular complexity index is 1050. The molecule has 0 unspecified atom stereocenters. The fourth-order valence-corrected chi connectivity index (χ4v) is 3.56. The van der Waals surface area contributed by atoms with E-state index in [2.05, 4.69) is 20.2 Å². The Balaban J connectivity index is 1.51. The predicted molar refractivity (Wildman–Crippen MR) is 94.3 cm³/mol. The van der Waals surface area contributed by atoms with Crippen LogP contribution in [0.4, 0.5) is 0 Å². The summed E-state index contributed by atoms with van der Waals surface area (Å²) in [6, 6.07) is 9.72. The number of aryl methyl sites for hydroxylation is 1. The van der Waals surface area contributed by atoms with Crippen LogP contribution >= 0.6 is 23.1 Å². The number of thioether (sulfide) groups is 1. The molecule has 6 nitrogen and oxygen atoms in total. The van der Waals surface area contributed by atoms with Crippen molar-refractivity contribution in [2.45, 2.75) is 17.9 Å². The van der Waals surface area contributed by atoms with E-state index in [-0.39, 0.29) is 5.56 Å². The number of nitrogens with zero attached hydrogens (tertiary/aromatic N) is 3. The molecule has 1 aromatic carbocycles. The second kappa shape index (κ2) is 6.21. The number of hydrogen-bond acceptors (Lipinski definition) is 7. The Hall–Kier alpha value is -2.45. The highest BCUT2D eigenvalue weighted by molar-refractivity contribution is 7.98. The molecule has 0 fully saturated rings. The molecule has 0 aliphatic carbocycles. The maximum Gasteiger partial charge on any atom is 0.277 e. The highest BCUT2D eigenvalue weighted by Gasteiger charge is 2.11. The molecule has 24 heavy (non-hydrogen) atoms. The van der Waals surface area contributed by atoms with Gasteiger partial charge in [-0.3, -0.25) is 4.79 Å². The average Bonchev–Trinajstić information content (AvgIpc) is 3.23. The van der Waals surface area contributed by atoms with Crippen molar-refractivity contribution >= 4 is 33.3 Å². The predicted octanol–water partition coefficient (Wildman–Crippen LogP) is 3.64. The Morgan fingerprint density at radius 2 is 2.04 bits per heavy atom. The number of benzene rings is 1. The summed E-state index contributed by atoms with van der Waals surface area (Å²) in [5.41, 5.74) is 2.65. The van der Waals surface area contributed by atoms with Gasteiger partial charge in [-0.25, -0.2) is 4.98 Å². The molecule has 4 aromatic rings. The van der Waals surface area contributed by atoms with Crippen LogP contribution in [0.15, 0.2) is 50.1 Å². The zero-order valence-corrected chi connectivity index (χ0v) is 14.3. The molecule has 0 radical (unpaired) electrons. The van der Waals surface area contributed by atoms with Crippen molar-refractivity contribution in [3.05, 3.63) is 57.5 Å². The van der Waals surface area contributed by atoms with E-state index in [0.29, 0.717) is 32.9 Å². The molecule has 3 heterocycles. The summed E-state index contributed by atoms with van der Waals surface area (Å²) in [5.74, 6) is 1.52. The Kier molecular flexibility index (Phi) is 3.91.